The number of benzene rings is 1. The third-order valence-electron chi connectivity index (χ3n) is 4.15. The normalized spacial score (nSPS) is 19.7. The first-order valence-corrected chi connectivity index (χ1v) is 6.93. The van der Waals surface area contributed by atoms with Gasteiger partial charge in [0.05, 0.1) is 0 Å². The highest BCUT2D eigenvalue weighted by Gasteiger charge is 2.28. The molecule has 4 heteroatoms. The first-order valence-electron chi connectivity index (χ1n) is 6.93. The van der Waals surface area contributed by atoms with E-state index in [1.54, 1.807) is 0 Å². The number of oxazole rings is 1. The fourth-order valence-electron chi connectivity index (χ4n) is 2.57. The Morgan fingerprint density at radius 1 is 1.32 bits per heavy atom. The molecule has 1 aliphatic heterocycles. The third kappa shape index (κ3) is 2.73. The van der Waals surface area contributed by atoms with E-state index in [4.69, 9.17) is 4.42 Å². The summed E-state index contributed by atoms with van der Waals surface area (Å²) in [7, 11) is 2.19. The van der Waals surface area contributed by atoms with Crippen LogP contribution in [0.15, 0.2) is 28.7 Å². The Bertz CT molecular complexity index is 522. The molecule has 1 aromatic heterocycles. The van der Waals surface area contributed by atoms with E-state index in [9.17, 15) is 0 Å². The van der Waals surface area contributed by atoms with E-state index in [0.29, 0.717) is 11.4 Å². The number of rotatable bonds is 3. The lowest BCUT2D eigenvalue weighted by molar-refractivity contribution is 0.150. The second kappa shape index (κ2) is 4.85. The van der Waals surface area contributed by atoms with Crippen LogP contribution in [-0.2, 0) is 0 Å². The van der Waals surface area contributed by atoms with Crippen LogP contribution in [0.4, 0.5) is 6.01 Å². The molecule has 0 unspecified atom stereocenters. The number of anilines is 1. The van der Waals surface area contributed by atoms with E-state index >= 15 is 0 Å². The van der Waals surface area contributed by atoms with Crippen LogP contribution >= 0.6 is 0 Å². The molecule has 0 bridgehead atoms. The maximum absolute atomic E-state index is 5.69. The van der Waals surface area contributed by atoms with Gasteiger partial charge < -0.3 is 14.6 Å². The number of aromatic nitrogens is 1. The molecule has 1 saturated heterocycles. The molecule has 0 atom stereocenters. The molecule has 4 nitrogen and oxygen atoms in total. The molecule has 1 aliphatic rings. The Morgan fingerprint density at radius 3 is 2.79 bits per heavy atom. The fourth-order valence-corrected chi connectivity index (χ4v) is 2.57. The Hall–Kier alpha value is -1.55. The van der Waals surface area contributed by atoms with Gasteiger partial charge >= 0.3 is 0 Å². The molecule has 2 heterocycles. The van der Waals surface area contributed by atoms with Crippen LogP contribution in [-0.4, -0.2) is 36.6 Å². The van der Waals surface area contributed by atoms with E-state index in [-0.39, 0.29) is 0 Å². The number of fused-ring (bicyclic) bond motifs is 1. The largest absolute Gasteiger partial charge is 0.424 e. The smallest absolute Gasteiger partial charge is 0.295 e. The van der Waals surface area contributed by atoms with Gasteiger partial charge in [-0.3, -0.25) is 0 Å². The molecule has 102 valence electrons. The second-order valence-corrected chi connectivity index (χ2v) is 5.95. The van der Waals surface area contributed by atoms with E-state index in [1.807, 2.05) is 24.3 Å². The standard InChI is InChI=1S/C15H21N3O/c1-15(7-9-18(2)10-8-15)11-16-14-17-12-5-3-4-6-13(12)19-14/h3-6H,7-11H2,1-2H3,(H,16,17). The highest BCUT2D eigenvalue weighted by Crippen LogP contribution is 2.30. The Balaban J connectivity index is 1.65. The summed E-state index contributed by atoms with van der Waals surface area (Å²) in [5.74, 6) is 0. The van der Waals surface area contributed by atoms with Gasteiger partial charge in [-0.05, 0) is 50.5 Å². The molecule has 0 amide bonds. The van der Waals surface area contributed by atoms with Crippen molar-refractivity contribution >= 4 is 17.1 Å². The van der Waals surface area contributed by atoms with Gasteiger partial charge in [0, 0.05) is 6.54 Å². The summed E-state index contributed by atoms with van der Waals surface area (Å²) >= 11 is 0. The van der Waals surface area contributed by atoms with Crippen molar-refractivity contribution in [2.45, 2.75) is 19.8 Å². The molecule has 19 heavy (non-hydrogen) atoms. The van der Waals surface area contributed by atoms with Crippen molar-refractivity contribution in [3.8, 4) is 0 Å². The van der Waals surface area contributed by atoms with E-state index in [0.717, 1.165) is 17.6 Å². The van der Waals surface area contributed by atoms with E-state index in [2.05, 4.69) is 29.2 Å². The van der Waals surface area contributed by atoms with Gasteiger partial charge in [0.15, 0.2) is 5.58 Å². The minimum atomic E-state index is 0.340. The average molecular weight is 259 g/mol. The summed E-state index contributed by atoms with van der Waals surface area (Å²) in [5, 5.41) is 3.36. The van der Waals surface area contributed by atoms with Gasteiger partial charge in [0.25, 0.3) is 6.01 Å². The maximum atomic E-state index is 5.69. The Morgan fingerprint density at radius 2 is 2.05 bits per heavy atom. The number of likely N-dealkylation sites (tertiary alicyclic amines) is 1. The van der Waals surface area contributed by atoms with Crippen molar-refractivity contribution in [2.24, 2.45) is 5.41 Å². The first kappa shape index (κ1) is 12.5. The Kier molecular flexibility index (Phi) is 3.19. The first-order chi connectivity index (χ1) is 9.15. The number of piperidine rings is 1. The van der Waals surface area contributed by atoms with Crippen LogP contribution in [0.3, 0.4) is 0 Å². The van der Waals surface area contributed by atoms with Crippen LogP contribution in [0.5, 0.6) is 0 Å². The molecular formula is C15H21N3O. The molecular weight excluding hydrogens is 238 g/mol. The summed E-state index contributed by atoms with van der Waals surface area (Å²) in [5.41, 5.74) is 2.10. The zero-order valence-corrected chi connectivity index (χ0v) is 11.6. The molecule has 3 rings (SSSR count). The quantitative estimate of drug-likeness (QED) is 0.920. The maximum Gasteiger partial charge on any atom is 0.295 e. The second-order valence-electron chi connectivity index (χ2n) is 5.95. The lowest BCUT2D eigenvalue weighted by atomic mass is 9.80. The number of hydrogen-bond acceptors (Lipinski definition) is 4. The summed E-state index contributed by atoms with van der Waals surface area (Å²) < 4.78 is 5.69. The average Bonchev–Trinajstić information content (AvgIpc) is 2.83. The lowest BCUT2D eigenvalue weighted by Crippen LogP contribution is -2.40. The Labute approximate surface area is 113 Å². The molecule has 1 aromatic carbocycles. The molecule has 1 fully saturated rings. The predicted molar refractivity (Wildman–Crippen MR) is 77.3 cm³/mol. The summed E-state index contributed by atoms with van der Waals surface area (Å²) in [6.45, 7) is 5.61. The van der Waals surface area contributed by atoms with Gasteiger partial charge in [-0.2, -0.15) is 4.98 Å². The van der Waals surface area contributed by atoms with Crippen molar-refractivity contribution < 1.29 is 4.42 Å². The van der Waals surface area contributed by atoms with Gasteiger partial charge in [0.1, 0.15) is 5.52 Å². The molecule has 1 N–H and O–H groups in total. The highest BCUT2D eigenvalue weighted by molar-refractivity contribution is 5.74. The number of nitrogens with zero attached hydrogens (tertiary/aromatic N) is 2. The highest BCUT2D eigenvalue weighted by atomic mass is 16.4. The van der Waals surface area contributed by atoms with Crippen LogP contribution in [0, 0.1) is 5.41 Å². The van der Waals surface area contributed by atoms with Crippen molar-refractivity contribution in [3.05, 3.63) is 24.3 Å². The number of para-hydroxylation sites is 2. The predicted octanol–water partition coefficient (Wildman–Crippen LogP) is 2.97. The van der Waals surface area contributed by atoms with Gasteiger partial charge in [-0.15, -0.1) is 0 Å². The topological polar surface area (TPSA) is 41.3 Å². The molecule has 0 spiro atoms. The van der Waals surface area contributed by atoms with Crippen molar-refractivity contribution in [1.82, 2.24) is 9.88 Å². The molecule has 0 aliphatic carbocycles. The monoisotopic (exact) mass is 259 g/mol. The third-order valence-corrected chi connectivity index (χ3v) is 4.15. The summed E-state index contributed by atoms with van der Waals surface area (Å²) in [4.78, 5) is 6.85. The van der Waals surface area contributed by atoms with Crippen molar-refractivity contribution in [2.75, 3.05) is 32.0 Å². The number of nitrogens with one attached hydrogen (secondary N) is 1. The molecule has 2 aromatic rings. The van der Waals surface area contributed by atoms with Crippen molar-refractivity contribution in [3.63, 3.8) is 0 Å². The minimum Gasteiger partial charge on any atom is -0.424 e. The molecule has 0 radical (unpaired) electrons. The van der Waals surface area contributed by atoms with Crippen LogP contribution in [0.1, 0.15) is 19.8 Å². The zero-order valence-electron chi connectivity index (χ0n) is 11.6. The zero-order chi connectivity index (χ0) is 13.3. The summed E-state index contributed by atoms with van der Waals surface area (Å²) in [6.07, 6.45) is 2.44. The summed E-state index contributed by atoms with van der Waals surface area (Å²) in [6, 6.07) is 8.51. The molecule has 0 saturated carbocycles. The van der Waals surface area contributed by atoms with E-state index in [1.165, 1.54) is 25.9 Å². The number of hydrogen-bond donors (Lipinski definition) is 1. The fraction of sp³-hybridized carbons (Fsp3) is 0.533. The van der Waals surface area contributed by atoms with Gasteiger partial charge in [-0.25, -0.2) is 0 Å². The van der Waals surface area contributed by atoms with Crippen LogP contribution < -0.4 is 5.32 Å². The van der Waals surface area contributed by atoms with Gasteiger partial charge in [0.2, 0.25) is 0 Å². The SMILES string of the molecule is CN1CCC(C)(CNc2nc3ccccc3o2)CC1. The van der Waals surface area contributed by atoms with Gasteiger partial charge in [-0.1, -0.05) is 19.1 Å². The lowest BCUT2D eigenvalue weighted by Gasteiger charge is -2.37. The van der Waals surface area contributed by atoms with Crippen molar-refractivity contribution in [1.29, 1.82) is 0 Å². The minimum absolute atomic E-state index is 0.340. The van der Waals surface area contributed by atoms with Crippen LogP contribution in [0.25, 0.3) is 11.1 Å². The van der Waals surface area contributed by atoms with E-state index < -0.39 is 0 Å². The van der Waals surface area contributed by atoms with Crippen LogP contribution in [0.2, 0.25) is 0 Å².